The van der Waals surface area contributed by atoms with E-state index >= 15 is 0 Å². The summed E-state index contributed by atoms with van der Waals surface area (Å²) in [7, 11) is 0. The van der Waals surface area contributed by atoms with E-state index in [2.05, 4.69) is 40.5 Å². The number of imidazole rings is 1. The van der Waals surface area contributed by atoms with Crippen LogP contribution in [0, 0.1) is 13.8 Å². The molecular weight excluding hydrogens is 396 g/mol. The fourth-order valence-electron chi connectivity index (χ4n) is 4.08. The van der Waals surface area contributed by atoms with Gasteiger partial charge in [-0.15, -0.1) is 11.3 Å². The van der Waals surface area contributed by atoms with Crippen molar-refractivity contribution in [3.8, 4) is 0 Å². The fraction of sp³-hybridized carbons (Fsp3) is 0.545. The van der Waals surface area contributed by atoms with Crippen molar-refractivity contribution in [3.05, 3.63) is 39.9 Å². The molecule has 1 N–H and O–H groups in total. The van der Waals surface area contributed by atoms with Crippen molar-refractivity contribution in [2.24, 2.45) is 0 Å². The summed E-state index contributed by atoms with van der Waals surface area (Å²) < 4.78 is 2.08. The van der Waals surface area contributed by atoms with Gasteiger partial charge in [0.25, 0.3) is 0 Å². The van der Waals surface area contributed by atoms with Crippen LogP contribution in [0.4, 0.5) is 5.82 Å². The van der Waals surface area contributed by atoms with Crippen LogP contribution >= 0.6 is 11.3 Å². The fourth-order valence-corrected chi connectivity index (χ4v) is 5.01. The summed E-state index contributed by atoms with van der Waals surface area (Å²) in [5.41, 5.74) is 2.85. The third-order valence-electron chi connectivity index (χ3n) is 5.50. The highest BCUT2D eigenvalue weighted by Crippen LogP contribution is 2.34. The number of fused-ring (bicyclic) bond motifs is 1. The van der Waals surface area contributed by atoms with E-state index in [9.17, 15) is 4.79 Å². The standard InChI is InChI=1S/C22H30N6OS/c1-14-17(30-15(2)24-14)12-19(29)27-9-6-16(7-10-27)20-21(26-22(3,4)5)28-11-8-23-13-18(28)25-20/h8,11,13,16,26H,6-7,9-10,12H2,1-5H3. The van der Waals surface area contributed by atoms with Crippen molar-refractivity contribution in [1.82, 2.24) is 24.3 Å². The molecule has 0 bridgehead atoms. The lowest BCUT2D eigenvalue weighted by Crippen LogP contribution is -2.39. The Bertz CT molecular complexity index is 1060. The predicted octanol–water partition coefficient (Wildman–Crippen LogP) is 3.96. The van der Waals surface area contributed by atoms with E-state index < -0.39 is 0 Å². The molecule has 0 saturated carbocycles. The van der Waals surface area contributed by atoms with Crippen LogP contribution in [-0.2, 0) is 11.2 Å². The summed E-state index contributed by atoms with van der Waals surface area (Å²) in [6, 6.07) is 0. The van der Waals surface area contributed by atoms with Crippen LogP contribution in [0.1, 0.15) is 60.8 Å². The minimum atomic E-state index is -0.0740. The summed E-state index contributed by atoms with van der Waals surface area (Å²) in [4.78, 5) is 29.5. The first-order chi connectivity index (χ1) is 14.2. The van der Waals surface area contributed by atoms with Gasteiger partial charge in [0.05, 0.1) is 29.0 Å². The molecule has 7 nitrogen and oxygen atoms in total. The van der Waals surface area contributed by atoms with Crippen molar-refractivity contribution in [1.29, 1.82) is 0 Å². The van der Waals surface area contributed by atoms with Gasteiger partial charge in [-0.1, -0.05) is 0 Å². The van der Waals surface area contributed by atoms with Crippen LogP contribution in [0.2, 0.25) is 0 Å². The number of anilines is 1. The number of hydrogen-bond acceptors (Lipinski definition) is 6. The second-order valence-electron chi connectivity index (χ2n) is 9.10. The van der Waals surface area contributed by atoms with Gasteiger partial charge in [-0.2, -0.15) is 0 Å². The molecule has 4 heterocycles. The maximum Gasteiger partial charge on any atom is 0.227 e. The predicted molar refractivity (Wildman–Crippen MR) is 120 cm³/mol. The molecule has 3 aromatic rings. The molecular formula is C22H30N6OS. The van der Waals surface area contributed by atoms with E-state index in [1.54, 1.807) is 23.7 Å². The molecule has 0 aromatic carbocycles. The Labute approximate surface area is 181 Å². The zero-order valence-corrected chi connectivity index (χ0v) is 19.2. The SMILES string of the molecule is Cc1nc(C)c(CC(=O)N2CCC(c3nc4cnccn4c3NC(C)(C)C)CC2)s1. The largest absolute Gasteiger partial charge is 0.365 e. The van der Waals surface area contributed by atoms with Crippen LogP contribution < -0.4 is 5.32 Å². The average molecular weight is 427 g/mol. The number of aromatic nitrogens is 4. The number of thiazole rings is 1. The number of rotatable bonds is 4. The Morgan fingerprint density at radius 1 is 1.23 bits per heavy atom. The molecule has 30 heavy (non-hydrogen) atoms. The summed E-state index contributed by atoms with van der Waals surface area (Å²) in [5.74, 6) is 1.57. The van der Waals surface area contributed by atoms with Crippen molar-refractivity contribution >= 4 is 28.7 Å². The highest BCUT2D eigenvalue weighted by Gasteiger charge is 2.29. The number of likely N-dealkylation sites (tertiary alicyclic amines) is 1. The Morgan fingerprint density at radius 3 is 2.60 bits per heavy atom. The lowest BCUT2D eigenvalue weighted by molar-refractivity contribution is -0.131. The molecule has 0 atom stereocenters. The molecule has 3 aromatic heterocycles. The second-order valence-corrected chi connectivity index (χ2v) is 10.4. The van der Waals surface area contributed by atoms with Crippen LogP contribution in [0.5, 0.6) is 0 Å². The summed E-state index contributed by atoms with van der Waals surface area (Å²) in [5, 5.41) is 4.65. The van der Waals surface area contributed by atoms with E-state index in [4.69, 9.17) is 4.98 Å². The first-order valence-corrected chi connectivity index (χ1v) is 11.3. The number of carbonyl (C=O) groups excluding carboxylic acids is 1. The van der Waals surface area contributed by atoms with Crippen LogP contribution in [0.15, 0.2) is 18.6 Å². The number of carbonyl (C=O) groups is 1. The van der Waals surface area contributed by atoms with Gasteiger partial charge in [-0.3, -0.25) is 14.2 Å². The van der Waals surface area contributed by atoms with Gasteiger partial charge in [0, 0.05) is 41.8 Å². The molecule has 1 amide bonds. The van der Waals surface area contributed by atoms with Gasteiger partial charge >= 0.3 is 0 Å². The van der Waals surface area contributed by atoms with Crippen molar-refractivity contribution < 1.29 is 4.79 Å². The number of hydrogen-bond donors (Lipinski definition) is 1. The normalized spacial score (nSPS) is 15.7. The molecule has 0 spiro atoms. The molecule has 1 fully saturated rings. The van der Waals surface area contributed by atoms with Gasteiger partial charge in [0.15, 0.2) is 5.65 Å². The lowest BCUT2D eigenvalue weighted by atomic mass is 9.92. The van der Waals surface area contributed by atoms with Crippen molar-refractivity contribution in [2.45, 2.75) is 65.3 Å². The third kappa shape index (κ3) is 4.33. The lowest BCUT2D eigenvalue weighted by Gasteiger charge is -2.32. The minimum absolute atomic E-state index is 0.0740. The van der Waals surface area contributed by atoms with Gasteiger partial charge in [-0.05, 0) is 47.5 Å². The smallest absolute Gasteiger partial charge is 0.227 e. The molecule has 1 saturated heterocycles. The minimum Gasteiger partial charge on any atom is -0.365 e. The molecule has 0 radical (unpaired) electrons. The van der Waals surface area contributed by atoms with E-state index in [0.29, 0.717) is 12.3 Å². The Kier molecular flexibility index (Phi) is 5.53. The monoisotopic (exact) mass is 426 g/mol. The molecule has 8 heteroatoms. The maximum atomic E-state index is 12.8. The van der Waals surface area contributed by atoms with Gasteiger partial charge in [0.1, 0.15) is 5.82 Å². The van der Waals surface area contributed by atoms with E-state index in [1.165, 1.54) is 0 Å². The number of nitrogens with one attached hydrogen (secondary N) is 1. The third-order valence-corrected chi connectivity index (χ3v) is 6.57. The highest BCUT2D eigenvalue weighted by molar-refractivity contribution is 7.11. The zero-order valence-electron chi connectivity index (χ0n) is 18.4. The Hall–Kier alpha value is -2.48. The molecule has 160 valence electrons. The summed E-state index contributed by atoms with van der Waals surface area (Å²) in [6.45, 7) is 12.0. The number of piperidine rings is 1. The van der Waals surface area contributed by atoms with Crippen LogP contribution in [-0.4, -0.2) is 48.8 Å². The molecule has 4 rings (SSSR count). The van der Waals surface area contributed by atoms with Crippen molar-refractivity contribution in [3.63, 3.8) is 0 Å². The van der Waals surface area contributed by atoms with Gasteiger partial charge < -0.3 is 10.2 Å². The molecule has 0 aliphatic carbocycles. The van der Waals surface area contributed by atoms with E-state index in [0.717, 1.165) is 58.7 Å². The first kappa shape index (κ1) is 20.8. The van der Waals surface area contributed by atoms with Gasteiger partial charge in [0.2, 0.25) is 5.91 Å². The average Bonchev–Trinajstić information content (AvgIpc) is 3.20. The maximum absolute atomic E-state index is 12.8. The van der Waals surface area contributed by atoms with E-state index in [1.807, 2.05) is 24.9 Å². The highest BCUT2D eigenvalue weighted by atomic mass is 32.1. The summed E-state index contributed by atoms with van der Waals surface area (Å²) in [6.07, 6.45) is 7.84. The topological polar surface area (TPSA) is 75.4 Å². The van der Waals surface area contributed by atoms with Crippen molar-refractivity contribution in [2.75, 3.05) is 18.4 Å². The summed E-state index contributed by atoms with van der Waals surface area (Å²) >= 11 is 1.63. The number of amides is 1. The Morgan fingerprint density at radius 2 is 1.97 bits per heavy atom. The quantitative estimate of drug-likeness (QED) is 0.683. The first-order valence-electron chi connectivity index (χ1n) is 10.5. The van der Waals surface area contributed by atoms with Crippen LogP contribution in [0.3, 0.4) is 0 Å². The molecule has 1 aliphatic heterocycles. The molecule has 1 aliphatic rings. The second kappa shape index (κ2) is 7.98. The van der Waals surface area contributed by atoms with Gasteiger partial charge in [-0.25, -0.2) is 9.97 Å². The zero-order chi connectivity index (χ0) is 21.5. The number of aryl methyl sites for hydroxylation is 2. The molecule has 0 unspecified atom stereocenters. The Balaban J connectivity index is 1.49. The van der Waals surface area contributed by atoms with E-state index in [-0.39, 0.29) is 11.4 Å². The number of nitrogens with zero attached hydrogens (tertiary/aromatic N) is 5. The van der Waals surface area contributed by atoms with Crippen LogP contribution in [0.25, 0.3) is 5.65 Å².